The van der Waals surface area contributed by atoms with Crippen molar-refractivity contribution in [2.24, 2.45) is 0 Å². The summed E-state index contributed by atoms with van der Waals surface area (Å²) in [5.74, 6) is 1.45. The van der Waals surface area contributed by atoms with Crippen molar-refractivity contribution >= 4 is 5.91 Å². The number of ether oxygens (including phenoxy) is 2. The molecular weight excluding hydrogens is 206 g/mol. The Kier molecular flexibility index (Phi) is 5.19. The molecule has 0 unspecified atom stereocenters. The summed E-state index contributed by atoms with van der Waals surface area (Å²) >= 11 is 0. The Morgan fingerprint density at radius 2 is 2.00 bits per heavy atom. The molecule has 1 aromatic carbocycles. The lowest BCUT2D eigenvalue weighted by molar-refractivity contribution is -0.120. The summed E-state index contributed by atoms with van der Waals surface area (Å²) in [5, 5.41) is 2.57. The fourth-order valence-electron chi connectivity index (χ4n) is 1.28. The number of nitrogens with one attached hydrogen (secondary N) is 1. The van der Waals surface area contributed by atoms with Gasteiger partial charge in [-0.2, -0.15) is 0 Å². The van der Waals surface area contributed by atoms with Gasteiger partial charge >= 0.3 is 0 Å². The zero-order chi connectivity index (χ0) is 11.8. The average molecular weight is 223 g/mol. The summed E-state index contributed by atoms with van der Waals surface area (Å²) < 4.78 is 10.7. The highest BCUT2D eigenvalue weighted by molar-refractivity contribution is 5.75. The van der Waals surface area contributed by atoms with Gasteiger partial charge in [0.05, 0.1) is 13.7 Å². The van der Waals surface area contributed by atoms with Crippen LogP contribution < -0.4 is 14.8 Å². The van der Waals surface area contributed by atoms with Crippen LogP contribution in [0.25, 0.3) is 0 Å². The molecule has 0 aromatic heterocycles. The van der Waals surface area contributed by atoms with E-state index >= 15 is 0 Å². The number of carbonyl (C=O) groups excluding carboxylic acids is 1. The predicted octanol–water partition coefficient (Wildman–Crippen LogP) is 1.60. The maximum atomic E-state index is 11.0. The molecule has 0 fully saturated rings. The summed E-state index contributed by atoms with van der Waals surface area (Å²) in [6.07, 6.45) is 1.17. The predicted molar refractivity (Wildman–Crippen MR) is 61.8 cm³/mol. The van der Waals surface area contributed by atoms with Crippen LogP contribution in [0.5, 0.6) is 11.5 Å². The van der Waals surface area contributed by atoms with E-state index < -0.39 is 0 Å². The van der Waals surface area contributed by atoms with Crippen LogP contribution in [0.3, 0.4) is 0 Å². The molecule has 0 radical (unpaired) electrons. The van der Waals surface area contributed by atoms with Crippen molar-refractivity contribution in [1.29, 1.82) is 0 Å². The molecule has 0 saturated heterocycles. The van der Waals surface area contributed by atoms with Crippen molar-refractivity contribution in [3.63, 3.8) is 0 Å². The number of para-hydroxylation sites is 2. The quantitative estimate of drug-likeness (QED) is 0.745. The van der Waals surface area contributed by atoms with E-state index in [2.05, 4.69) is 5.32 Å². The van der Waals surface area contributed by atoms with E-state index in [1.165, 1.54) is 0 Å². The molecule has 4 heteroatoms. The second-order valence-corrected chi connectivity index (χ2v) is 3.28. The monoisotopic (exact) mass is 223 g/mol. The highest BCUT2D eigenvalue weighted by Gasteiger charge is 2.02. The smallest absolute Gasteiger partial charge is 0.219 e. The zero-order valence-electron chi connectivity index (χ0n) is 9.66. The Labute approximate surface area is 95.6 Å². The molecule has 0 aliphatic rings. The molecule has 0 bridgehead atoms. The van der Waals surface area contributed by atoms with Crippen molar-refractivity contribution in [3.05, 3.63) is 24.3 Å². The zero-order valence-corrected chi connectivity index (χ0v) is 9.66. The normalized spacial score (nSPS) is 9.62. The molecule has 1 amide bonds. The van der Waals surface area contributed by atoms with Gasteiger partial charge in [-0.3, -0.25) is 4.79 Å². The second kappa shape index (κ2) is 6.71. The van der Waals surface area contributed by atoms with E-state index in [1.54, 1.807) is 14.2 Å². The third-order valence-electron chi connectivity index (χ3n) is 2.15. The lowest BCUT2D eigenvalue weighted by Gasteiger charge is -2.09. The van der Waals surface area contributed by atoms with Gasteiger partial charge in [-0.1, -0.05) is 12.1 Å². The first-order valence-corrected chi connectivity index (χ1v) is 5.24. The minimum absolute atomic E-state index is 0.0311. The van der Waals surface area contributed by atoms with Crippen LogP contribution in [0, 0.1) is 0 Å². The summed E-state index contributed by atoms with van der Waals surface area (Å²) in [7, 11) is 3.23. The largest absolute Gasteiger partial charge is 0.493 e. The summed E-state index contributed by atoms with van der Waals surface area (Å²) in [6.45, 7) is 0.508. The minimum Gasteiger partial charge on any atom is -0.493 e. The lowest BCUT2D eigenvalue weighted by Crippen LogP contribution is -2.18. The first kappa shape index (κ1) is 12.4. The molecule has 0 spiro atoms. The number of hydrogen-bond acceptors (Lipinski definition) is 3. The van der Waals surface area contributed by atoms with Gasteiger partial charge in [-0.15, -0.1) is 0 Å². The molecule has 0 saturated carbocycles. The maximum Gasteiger partial charge on any atom is 0.219 e. The Bertz CT molecular complexity index is 339. The average Bonchev–Trinajstić information content (AvgIpc) is 2.34. The molecule has 0 aliphatic carbocycles. The molecule has 0 heterocycles. The van der Waals surface area contributed by atoms with Crippen molar-refractivity contribution in [2.75, 3.05) is 20.8 Å². The second-order valence-electron chi connectivity index (χ2n) is 3.28. The minimum atomic E-state index is 0.0311. The molecule has 1 aromatic rings. The van der Waals surface area contributed by atoms with Crippen LogP contribution in [-0.4, -0.2) is 26.7 Å². The maximum absolute atomic E-state index is 11.0. The van der Waals surface area contributed by atoms with Gasteiger partial charge in [0.15, 0.2) is 11.5 Å². The van der Waals surface area contributed by atoms with Crippen LogP contribution in [0.1, 0.15) is 12.8 Å². The molecule has 1 N–H and O–H groups in total. The van der Waals surface area contributed by atoms with Crippen LogP contribution in [-0.2, 0) is 4.79 Å². The van der Waals surface area contributed by atoms with E-state index in [9.17, 15) is 4.79 Å². The van der Waals surface area contributed by atoms with Crippen LogP contribution >= 0.6 is 0 Å². The van der Waals surface area contributed by atoms with Gasteiger partial charge in [-0.25, -0.2) is 0 Å². The highest BCUT2D eigenvalue weighted by atomic mass is 16.5. The first-order chi connectivity index (χ1) is 7.77. The van der Waals surface area contributed by atoms with Gasteiger partial charge in [-0.05, 0) is 18.6 Å². The molecular formula is C12H17NO3. The van der Waals surface area contributed by atoms with Crippen LogP contribution in [0.4, 0.5) is 0 Å². The third kappa shape index (κ3) is 3.81. The Hall–Kier alpha value is -1.71. The summed E-state index contributed by atoms with van der Waals surface area (Å²) in [5.41, 5.74) is 0. The van der Waals surface area contributed by atoms with E-state index in [1.807, 2.05) is 24.3 Å². The topological polar surface area (TPSA) is 47.6 Å². The molecule has 4 nitrogen and oxygen atoms in total. The van der Waals surface area contributed by atoms with E-state index in [0.29, 0.717) is 30.9 Å². The number of benzene rings is 1. The Balaban J connectivity index is 2.34. The Morgan fingerprint density at radius 1 is 1.31 bits per heavy atom. The number of rotatable bonds is 6. The van der Waals surface area contributed by atoms with Gasteiger partial charge in [0.2, 0.25) is 5.91 Å². The number of amides is 1. The van der Waals surface area contributed by atoms with Gasteiger partial charge < -0.3 is 14.8 Å². The Morgan fingerprint density at radius 3 is 2.62 bits per heavy atom. The van der Waals surface area contributed by atoms with Crippen molar-refractivity contribution in [1.82, 2.24) is 5.32 Å². The fraction of sp³-hybridized carbons (Fsp3) is 0.417. The molecule has 0 aliphatic heterocycles. The fourth-order valence-corrected chi connectivity index (χ4v) is 1.28. The van der Waals surface area contributed by atoms with E-state index in [4.69, 9.17) is 9.47 Å². The van der Waals surface area contributed by atoms with Gasteiger partial charge in [0.25, 0.3) is 0 Å². The number of hydrogen-bond donors (Lipinski definition) is 1. The standard InChI is InChI=1S/C12H17NO3/c1-13-12(14)8-5-9-16-11-7-4-3-6-10(11)15-2/h3-4,6-7H,5,8-9H2,1-2H3,(H,13,14). The van der Waals surface area contributed by atoms with Crippen molar-refractivity contribution < 1.29 is 14.3 Å². The summed E-state index contributed by atoms with van der Waals surface area (Å²) in [4.78, 5) is 11.0. The van der Waals surface area contributed by atoms with E-state index in [0.717, 1.165) is 0 Å². The summed E-state index contributed by atoms with van der Waals surface area (Å²) in [6, 6.07) is 7.46. The molecule has 0 atom stereocenters. The van der Waals surface area contributed by atoms with Gasteiger partial charge in [0, 0.05) is 13.5 Å². The molecule has 88 valence electrons. The van der Waals surface area contributed by atoms with Crippen LogP contribution in [0.15, 0.2) is 24.3 Å². The third-order valence-corrected chi connectivity index (χ3v) is 2.15. The SMILES string of the molecule is CNC(=O)CCCOc1ccccc1OC. The molecule has 16 heavy (non-hydrogen) atoms. The number of methoxy groups -OCH3 is 1. The molecule has 1 rings (SSSR count). The van der Waals surface area contributed by atoms with Crippen molar-refractivity contribution in [2.45, 2.75) is 12.8 Å². The van der Waals surface area contributed by atoms with E-state index in [-0.39, 0.29) is 5.91 Å². The van der Waals surface area contributed by atoms with Crippen LogP contribution in [0.2, 0.25) is 0 Å². The van der Waals surface area contributed by atoms with Gasteiger partial charge in [0.1, 0.15) is 0 Å². The number of carbonyl (C=O) groups is 1. The first-order valence-electron chi connectivity index (χ1n) is 5.24. The lowest BCUT2D eigenvalue weighted by atomic mass is 10.3. The van der Waals surface area contributed by atoms with Crippen molar-refractivity contribution in [3.8, 4) is 11.5 Å². The highest BCUT2D eigenvalue weighted by Crippen LogP contribution is 2.25.